The molecule has 0 saturated heterocycles. The second-order valence-electron chi connectivity index (χ2n) is 5.26. The van der Waals surface area contributed by atoms with Crippen LogP contribution in [0.25, 0.3) is 17.0 Å². The molecule has 23 heavy (non-hydrogen) atoms. The molecule has 0 saturated carbocycles. The Bertz CT molecular complexity index is 851. The Balaban J connectivity index is 1.68. The first-order valence-corrected chi connectivity index (χ1v) is 7.45. The molecule has 0 aliphatic heterocycles. The molecule has 2 aromatic carbocycles. The number of ether oxygens (including phenoxy) is 1. The van der Waals surface area contributed by atoms with Crippen LogP contribution in [0.4, 0.5) is 0 Å². The third kappa shape index (κ3) is 3.64. The van der Waals surface area contributed by atoms with Gasteiger partial charge in [-0.1, -0.05) is 42.5 Å². The predicted molar refractivity (Wildman–Crippen MR) is 92.3 cm³/mol. The fraction of sp³-hybridized carbons (Fsp3) is 0.100. The van der Waals surface area contributed by atoms with Crippen molar-refractivity contribution in [2.24, 2.45) is 0 Å². The van der Waals surface area contributed by atoms with Gasteiger partial charge in [-0.25, -0.2) is 4.79 Å². The minimum atomic E-state index is -0.317. The van der Waals surface area contributed by atoms with Gasteiger partial charge in [-0.3, -0.25) is 4.98 Å². The second kappa shape index (κ2) is 6.88. The predicted octanol–water partition coefficient (Wildman–Crippen LogP) is 4.28. The van der Waals surface area contributed by atoms with Crippen molar-refractivity contribution in [2.75, 3.05) is 7.11 Å². The van der Waals surface area contributed by atoms with Crippen LogP contribution in [0, 0.1) is 0 Å². The summed E-state index contributed by atoms with van der Waals surface area (Å²) in [4.78, 5) is 15.8. The summed E-state index contributed by atoms with van der Waals surface area (Å²) in [6, 6.07) is 17.6. The van der Waals surface area contributed by atoms with Crippen LogP contribution >= 0.6 is 0 Å². The summed E-state index contributed by atoms with van der Waals surface area (Å²) in [7, 11) is 1.38. The zero-order valence-electron chi connectivity index (χ0n) is 12.9. The molecule has 0 N–H and O–H groups in total. The molecule has 0 radical (unpaired) electrons. The number of methoxy groups -OCH3 is 1. The van der Waals surface area contributed by atoms with Gasteiger partial charge in [0, 0.05) is 11.6 Å². The number of para-hydroxylation sites is 1. The van der Waals surface area contributed by atoms with Crippen molar-refractivity contribution < 1.29 is 9.53 Å². The minimum absolute atomic E-state index is 0.317. The maximum atomic E-state index is 11.4. The van der Waals surface area contributed by atoms with Crippen molar-refractivity contribution in [3.63, 3.8) is 0 Å². The number of benzene rings is 2. The number of aromatic nitrogens is 1. The Morgan fingerprint density at radius 1 is 1.13 bits per heavy atom. The molecule has 0 atom stereocenters. The Morgan fingerprint density at radius 3 is 2.70 bits per heavy atom. The molecule has 0 aliphatic rings. The van der Waals surface area contributed by atoms with E-state index in [1.807, 2.05) is 42.6 Å². The average Bonchev–Trinajstić information content (AvgIpc) is 2.61. The maximum absolute atomic E-state index is 11.4. The van der Waals surface area contributed by atoms with Gasteiger partial charge in [0.1, 0.15) is 0 Å². The summed E-state index contributed by atoms with van der Waals surface area (Å²) in [5, 5.41) is 1.15. The molecule has 3 nitrogen and oxygen atoms in total. The van der Waals surface area contributed by atoms with Gasteiger partial charge in [-0.05, 0) is 41.8 Å². The van der Waals surface area contributed by atoms with Gasteiger partial charge in [0.15, 0.2) is 0 Å². The average molecular weight is 303 g/mol. The number of allylic oxidation sites excluding steroid dienone is 1. The van der Waals surface area contributed by atoms with Crippen molar-refractivity contribution in [1.82, 2.24) is 4.98 Å². The fourth-order valence-corrected chi connectivity index (χ4v) is 2.41. The van der Waals surface area contributed by atoms with Crippen LogP contribution in [0.2, 0.25) is 0 Å². The molecular formula is C20H17NO2. The first kappa shape index (κ1) is 15.0. The van der Waals surface area contributed by atoms with Crippen molar-refractivity contribution in [2.45, 2.75) is 6.42 Å². The molecule has 3 heteroatoms. The van der Waals surface area contributed by atoms with Gasteiger partial charge < -0.3 is 4.74 Å². The van der Waals surface area contributed by atoms with E-state index >= 15 is 0 Å². The molecule has 0 amide bonds. The standard InChI is InChI=1S/C20H17NO2/c1-23-20(22)17-11-9-15(10-12-17)5-4-6-16-13-18-7-2-3-8-19(18)21-14-16/h2-5,7-14H,6H2,1H3/b5-4+. The highest BCUT2D eigenvalue weighted by molar-refractivity contribution is 5.89. The Kier molecular flexibility index (Phi) is 4.48. The normalized spacial score (nSPS) is 11.0. The number of nitrogens with zero attached hydrogens (tertiary/aromatic N) is 1. The van der Waals surface area contributed by atoms with E-state index in [9.17, 15) is 4.79 Å². The molecule has 1 aromatic heterocycles. The van der Waals surface area contributed by atoms with Gasteiger partial charge in [0.05, 0.1) is 18.2 Å². The molecule has 0 unspecified atom stereocenters. The summed E-state index contributed by atoms with van der Waals surface area (Å²) in [6.07, 6.45) is 6.86. The number of pyridine rings is 1. The number of rotatable bonds is 4. The zero-order chi connectivity index (χ0) is 16.1. The van der Waals surface area contributed by atoms with Gasteiger partial charge in [0.2, 0.25) is 0 Å². The van der Waals surface area contributed by atoms with E-state index in [1.54, 1.807) is 12.1 Å². The molecule has 114 valence electrons. The highest BCUT2D eigenvalue weighted by Gasteiger charge is 2.03. The SMILES string of the molecule is COC(=O)c1ccc(/C=C/Cc2cnc3ccccc3c2)cc1. The van der Waals surface area contributed by atoms with E-state index in [2.05, 4.69) is 27.9 Å². The monoisotopic (exact) mass is 303 g/mol. The van der Waals surface area contributed by atoms with E-state index in [1.165, 1.54) is 12.7 Å². The van der Waals surface area contributed by atoms with E-state index in [4.69, 9.17) is 0 Å². The number of hydrogen-bond donors (Lipinski definition) is 0. The second-order valence-corrected chi connectivity index (χ2v) is 5.26. The number of esters is 1. The zero-order valence-corrected chi connectivity index (χ0v) is 12.9. The lowest BCUT2D eigenvalue weighted by Gasteiger charge is -2.01. The molecule has 1 heterocycles. The van der Waals surface area contributed by atoms with Gasteiger partial charge in [0.25, 0.3) is 0 Å². The van der Waals surface area contributed by atoms with E-state index < -0.39 is 0 Å². The summed E-state index contributed by atoms with van der Waals surface area (Å²) in [5.41, 5.74) is 3.79. The van der Waals surface area contributed by atoms with Crippen LogP contribution in [0.1, 0.15) is 21.5 Å². The molecule has 0 aliphatic carbocycles. The third-order valence-corrected chi connectivity index (χ3v) is 3.64. The first-order valence-electron chi connectivity index (χ1n) is 7.45. The Labute approximate surface area is 135 Å². The summed E-state index contributed by atoms with van der Waals surface area (Å²) < 4.78 is 4.69. The van der Waals surface area contributed by atoms with Crippen molar-refractivity contribution in [3.8, 4) is 0 Å². The van der Waals surface area contributed by atoms with Crippen LogP contribution in [0.3, 0.4) is 0 Å². The van der Waals surface area contributed by atoms with E-state index in [0.717, 1.165) is 22.9 Å². The third-order valence-electron chi connectivity index (χ3n) is 3.64. The lowest BCUT2D eigenvalue weighted by molar-refractivity contribution is 0.0600. The summed E-state index contributed by atoms with van der Waals surface area (Å²) >= 11 is 0. The van der Waals surface area contributed by atoms with Crippen molar-refractivity contribution >= 4 is 22.9 Å². The van der Waals surface area contributed by atoms with Gasteiger partial charge in [-0.15, -0.1) is 0 Å². The highest BCUT2D eigenvalue weighted by Crippen LogP contribution is 2.14. The first-order chi connectivity index (χ1) is 11.3. The van der Waals surface area contributed by atoms with E-state index in [-0.39, 0.29) is 5.97 Å². The maximum Gasteiger partial charge on any atom is 0.337 e. The largest absolute Gasteiger partial charge is 0.465 e. The minimum Gasteiger partial charge on any atom is -0.465 e. The summed E-state index contributed by atoms with van der Waals surface area (Å²) in [6.45, 7) is 0. The van der Waals surface area contributed by atoms with E-state index in [0.29, 0.717) is 5.56 Å². The molecular weight excluding hydrogens is 286 g/mol. The summed E-state index contributed by atoms with van der Waals surface area (Å²) in [5.74, 6) is -0.317. The number of fused-ring (bicyclic) bond motifs is 1. The Morgan fingerprint density at radius 2 is 1.91 bits per heavy atom. The van der Waals surface area contributed by atoms with Crippen LogP contribution in [-0.2, 0) is 11.2 Å². The molecule has 3 rings (SSSR count). The topological polar surface area (TPSA) is 39.2 Å². The highest BCUT2D eigenvalue weighted by atomic mass is 16.5. The number of hydrogen-bond acceptors (Lipinski definition) is 3. The Hall–Kier alpha value is -2.94. The lowest BCUT2D eigenvalue weighted by atomic mass is 10.1. The fourth-order valence-electron chi connectivity index (χ4n) is 2.41. The van der Waals surface area contributed by atoms with Crippen molar-refractivity contribution in [3.05, 3.63) is 83.6 Å². The van der Waals surface area contributed by atoms with Gasteiger partial charge >= 0.3 is 5.97 Å². The molecule has 0 fully saturated rings. The smallest absolute Gasteiger partial charge is 0.337 e. The van der Waals surface area contributed by atoms with Crippen LogP contribution < -0.4 is 0 Å². The number of carbonyl (C=O) groups is 1. The molecule has 0 bridgehead atoms. The quantitative estimate of drug-likeness (QED) is 0.675. The molecule has 3 aromatic rings. The lowest BCUT2D eigenvalue weighted by Crippen LogP contribution is -2.00. The number of carbonyl (C=O) groups excluding carboxylic acids is 1. The van der Waals surface area contributed by atoms with Gasteiger partial charge in [-0.2, -0.15) is 0 Å². The molecule has 0 spiro atoms. The van der Waals surface area contributed by atoms with Crippen LogP contribution in [-0.4, -0.2) is 18.1 Å². The van der Waals surface area contributed by atoms with Crippen LogP contribution in [0.15, 0.2) is 66.9 Å². The van der Waals surface area contributed by atoms with Crippen molar-refractivity contribution in [1.29, 1.82) is 0 Å². The van der Waals surface area contributed by atoms with Crippen LogP contribution in [0.5, 0.6) is 0 Å².